The zero-order valence-corrected chi connectivity index (χ0v) is 11.9. The highest BCUT2D eigenvalue weighted by atomic mass is 16.5. The minimum Gasteiger partial charge on any atom is -0.394 e. The summed E-state index contributed by atoms with van der Waals surface area (Å²) >= 11 is 0. The van der Waals surface area contributed by atoms with Gasteiger partial charge in [-0.05, 0) is 12.5 Å². The third-order valence-corrected chi connectivity index (χ3v) is 3.56. The fourth-order valence-electron chi connectivity index (χ4n) is 2.53. The lowest BCUT2D eigenvalue weighted by Gasteiger charge is -2.20. The van der Waals surface area contributed by atoms with E-state index < -0.39 is 24.1 Å². The minimum absolute atomic E-state index is 0.161. The van der Waals surface area contributed by atoms with Crippen LogP contribution in [0.5, 0.6) is 0 Å². The smallest absolute Gasteiger partial charge is 0.351 e. The van der Waals surface area contributed by atoms with Crippen molar-refractivity contribution in [3.8, 4) is 0 Å². The van der Waals surface area contributed by atoms with Crippen LogP contribution < -0.4 is 11.0 Å². The van der Waals surface area contributed by atoms with Crippen LogP contribution >= 0.6 is 0 Å². The SMILES string of the molecule is CC[C@@H]1[C@H](O)[C@@H](CO)O[C@H]1n1ccc(NC(C)=O)nc1=O. The summed E-state index contributed by atoms with van der Waals surface area (Å²) in [4.78, 5) is 26.7. The maximum atomic E-state index is 12.0. The molecule has 1 aromatic rings. The van der Waals surface area contributed by atoms with E-state index in [9.17, 15) is 19.8 Å². The quantitative estimate of drug-likeness (QED) is 0.689. The number of aliphatic hydroxyl groups is 2. The van der Waals surface area contributed by atoms with E-state index in [0.717, 1.165) is 0 Å². The average Bonchev–Trinajstić information content (AvgIpc) is 2.74. The molecule has 21 heavy (non-hydrogen) atoms. The summed E-state index contributed by atoms with van der Waals surface area (Å²) in [5.74, 6) is -0.471. The van der Waals surface area contributed by atoms with Gasteiger partial charge in [0.05, 0.1) is 12.7 Å². The van der Waals surface area contributed by atoms with Crippen LogP contribution in [0.15, 0.2) is 17.1 Å². The van der Waals surface area contributed by atoms with Crippen LogP contribution in [0.2, 0.25) is 0 Å². The molecule has 4 atom stereocenters. The molecule has 1 aromatic heterocycles. The number of aliphatic hydroxyl groups excluding tert-OH is 2. The molecule has 0 aromatic carbocycles. The molecule has 1 fully saturated rings. The zero-order chi connectivity index (χ0) is 15.6. The summed E-state index contributed by atoms with van der Waals surface area (Å²) in [6.07, 6.45) is -0.204. The second kappa shape index (κ2) is 6.33. The van der Waals surface area contributed by atoms with E-state index in [1.165, 1.54) is 23.8 Å². The van der Waals surface area contributed by atoms with Gasteiger partial charge in [-0.15, -0.1) is 0 Å². The van der Waals surface area contributed by atoms with E-state index in [-0.39, 0.29) is 24.2 Å². The van der Waals surface area contributed by atoms with Gasteiger partial charge in [0.1, 0.15) is 18.1 Å². The van der Waals surface area contributed by atoms with Crippen molar-refractivity contribution in [1.29, 1.82) is 0 Å². The number of rotatable bonds is 4. The predicted octanol–water partition coefficient (Wildman–Crippen LogP) is -0.522. The monoisotopic (exact) mass is 297 g/mol. The molecular weight excluding hydrogens is 278 g/mol. The number of nitrogens with zero attached hydrogens (tertiary/aromatic N) is 2. The topological polar surface area (TPSA) is 114 Å². The Labute approximate surface area is 121 Å². The van der Waals surface area contributed by atoms with Crippen molar-refractivity contribution in [1.82, 2.24) is 9.55 Å². The number of ether oxygens (including phenoxy) is 1. The van der Waals surface area contributed by atoms with Crippen molar-refractivity contribution >= 4 is 11.7 Å². The Kier molecular flexibility index (Phi) is 4.71. The molecule has 0 unspecified atom stereocenters. The normalized spacial score (nSPS) is 28.6. The number of amides is 1. The Hall–Kier alpha value is -1.77. The van der Waals surface area contributed by atoms with Crippen molar-refractivity contribution < 1.29 is 19.7 Å². The van der Waals surface area contributed by atoms with Gasteiger partial charge in [-0.25, -0.2) is 4.79 Å². The summed E-state index contributed by atoms with van der Waals surface area (Å²) in [5.41, 5.74) is -0.588. The van der Waals surface area contributed by atoms with E-state index in [4.69, 9.17) is 4.74 Å². The molecule has 2 rings (SSSR count). The molecule has 0 spiro atoms. The molecule has 0 bridgehead atoms. The highest BCUT2D eigenvalue weighted by molar-refractivity contribution is 5.87. The van der Waals surface area contributed by atoms with Crippen LogP contribution in [0.25, 0.3) is 0 Å². The summed E-state index contributed by atoms with van der Waals surface area (Å²) < 4.78 is 6.81. The predicted molar refractivity (Wildman–Crippen MR) is 73.6 cm³/mol. The lowest BCUT2D eigenvalue weighted by atomic mass is 9.97. The van der Waals surface area contributed by atoms with E-state index in [1.807, 2.05) is 6.92 Å². The van der Waals surface area contributed by atoms with Gasteiger partial charge in [0.25, 0.3) is 0 Å². The van der Waals surface area contributed by atoms with Crippen molar-refractivity contribution in [3.63, 3.8) is 0 Å². The fourth-order valence-corrected chi connectivity index (χ4v) is 2.53. The highest BCUT2D eigenvalue weighted by Crippen LogP contribution is 2.35. The second-order valence-corrected chi connectivity index (χ2v) is 4.99. The molecule has 116 valence electrons. The van der Waals surface area contributed by atoms with Gasteiger partial charge in [0, 0.05) is 19.0 Å². The molecule has 0 radical (unpaired) electrons. The molecule has 1 amide bonds. The number of carbonyl (C=O) groups is 1. The number of nitrogens with one attached hydrogen (secondary N) is 1. The van der Waals surface area contributed by atoms with Gasteiger partial charge >= 0.3 is 5.69 Å². The first-order valence-electron chi connectivity index (χ1n) is 6.79. The maximum absolute atomic E-state index is 12.0. The van der Waals surface area contributed by atoms with Crippen molar-refractivity contribution in [2.45, 2.75) is 38.7 Å². The summed E-state index contributed by atoms with van der Waals surface area (Å²) in [7, 11) is 0. The molecule has 8 nitrogen and oxygen atoms in total. The summed E-state index contributed by atoms with van der Waals surface area (Å²) in [5, 5.41) is 21.7. The maximum Gasteiger partial charge on any atom is 0.351 e. The van der Waals surface area contributed by atoms with E-state index in [2.05, 4.69) is 10.3 Å². The first kappa shape index (κ1) is 15.6. The van der Waals surface area contributed by atoms with Gasteiger partial charge < -0.3 is 20.3 Å². The van der Waals surface area contributed by atoms with Gasteiger partial charge in [-0.3, -0.25) is 9.36 Å². The lowest BCUT2D eigenvalue weighted by Crippen LogP contribution is -2.32. The second-order valence-electron chi connectivity index (χ2n) is 4.99. The third kappa shape index (κ3) is 3.12. The van der Waals surface area contributed by atoms with Crippen LogP contribution in [0.3, 0.4) is 0 Å². The van der Waals surface area contributed by atoms with Crippen LogP contribution in [0.1, 0.15) is 26.5 Å². The van der Waals surface area contributed by atoms with Crippen LogP contribution in [-0.4, -0.2) is 44.5 Å². The van der Waals surface area contributed by atoms with Gasteiger partial charge in [-0.1, -0.05) is 6.92 Å². The molecule has 1 saturated heterocycles. The summed E-state index contributed by atoms with van der Waals surface area (Å²) in [6.45, 7) is 2.87. The number of hydrogen-bond acceptors (Lipinski definition) is 6. The molecule has 2 heterocycles. The van der Waals surface area contributed by atoms with E-state index >= 15 is 0 Å². The molecule has 8 heteroatoms. The van der Waals surface area contributed by atoms with Crippen LogP contribution in [0, 0.1) is 5.92 Å². The van der Waals surface area contributed by atoms with Crippen molar-refractivity contribution in [2.24, 2.45) is 5.92 Å². The average molecular weight is 297 g/mol. The van der Waals surface area contributed by atoms with Crippen LogP contribution in [0.4, 0.5) is 5.82 Å². The fraction of sp³-hybridized carbons (Fsp3) is 0.615. The molecular formula is C13H19N3O5. The van der Waals surface area contributed by atoms with Crippen molar-refractivity contribution in [3.05, 3.63) is 22.7 Å². The van der Waals surface area contributed by atoms with E-state index in [0.29, 0.717) is 6.42 Å². The Balaban J connectivity index is 2.29. The standard InChI is InChI=1S/C13H19N3O5/c1-3-8-11(19)9(6-17)21-12(8)16-5-4-10(14-7(2)18)15-13(16)20/h4-5,8-9,11-12,17,19H,3,6H2,1-2H3,(H,14,15,18,20)/t8-,9-,11+,12-/m1/s1. The number of anilines is 1. The van der Waals surface area contributed by atoms with Gasteiger partial charge in [0.2, 0.25) is 5.91 Å². The Morgan fingerprint density at radius 3 is 2.81 bits per heavy atom. The Morgan fingerprint density at radius 2 is 2.29 bits per heavy atom. The first-order valence-corrected chi connectivity index (χ1v) is 6.79. The van der Waals surface area contributed by atoms with E-state index in [1.54, 1.807) is 0 Å². The molecule has 0 aliphatic carbocycles. The zero-order valence-electron chi connectivity index (χ0n) is 11.9. The third-order valence-electron chi connectivity index (χ3n) is 3.56. The van der Waals surface area contributed by atoms with Gasteiger partial charge in [0.15, 0.2) is 0 Å². The molecule has 1 aliphatic rings. The van der Waals surface area contributed by atoms with Gasteiger partial charge in [-0.2, -0.15) is 4.98 Å². The first-order chi connectivity index (χ1) is 9.97. The largest absolute Gasteiger partial charge is 0.394 e. The molecule has 0 saturated carbocycles. The summed E-state index contributed by atoms with van der Waals surface area (Å²) in [6, 6.07) is 1.48. The minimum atomic E-state index is -0.841. The Morgan fingerprint density at radius 1 is 1.57 bits per heavy atom. The number of aromatic nitrogens is 2. The Bertz CT molecular complexity index is 573. The lowest BCUT2D eigenvalue weighted by molar-refractivity contribution is -0.114. The highest BCUT2D eigenvalue weighted by Gasteiger charge is 2.43. The molecule has 3 N–H and O–H groups in total. The van der Waals surface area contributed by atoms with Crippen molar-refractivity contribution in [2.75, 3.05) is 11.9 Å². The van der Waals surface area contributed by atoms with Crippen LogP contribution in [-0.2, 0) is 9.53 Å². The molecule has 1 aliphatic heterocycles. The number of carbonyl (C=O) groups excluding carboxylic acids is 1. The number of hydrogen-bond donors (Lipinski definition) is 3.